The molecule has 5 heteroatoms. The number of hydrogen-bond donors (Lipinski definition) is 1. The van der Waals surface area contributed by atoms with Gasteiger partial charge in [-0.1, -0.05) is 6.07 Å². The summed E-state index contributed by atoms with van der Waals surface area (Å²) in [6.45, 7) is 2.41. The number of halogens is 1. The second kappa shape index (κ2) is 6.60. The molecule has 0 unspecified atom stereocenters. The van der Waals surface area contributed by atoms with Crippen LogP contribution in [-0.2, 0) is 4.79 Å². The van der Waals surface area contributed by atoms with Gasteiger partial charge in [-0.05, 0) is 63.1 Å². The Morgan fingerprint density at radius 3 is 2.68 bits per heavy atom. The second-order valence-electron chi connectivity index (χ2n) is 8.00. The van der Waals surface area contributed by atoms with E-state index in [1.54, 1.807) is 12.1 Å². The first-order valence-electron chi connectivity index (χ1n) is 9.57. The number of nitrogens with zero attached hydrogens (tertiary/aromatic N) is 2. The maximum absolute atomic E-state index is 13.6. The van der Waals surface area contributed by atoms with Crippen LogP contribution in [0.15, 0.2) is 24.3 Å². The third kappa shape index (κ3) is 3.14. The second-order valence-corrected chi connectivity index (χ2v) is 8.00. The summed E-state index contributed by atoms with van der Waals surface area (Å²) in [5.41, 5.74) is 0.576. The Hall–Kier alpha value is -1.62. The lowest BCUT2D eigenvalue weighted by atomic mass is 9.78. The Morgan fingerprint density at radius 2 is 1.92 bits per heavy atom. The van der Waals surface area contributed by atoms with Gasteiger partial charge in [0.15, 0.2) is 0 Å². The molecule has 1 N–H and O–H groups in total. The average molecular weight is 346 g/mol. The number of hydrogen-bond acceptors (Lipinski definition) is 3. The van der Waals surface area contributed by atoms with E-state index in [0.29, 0.717) is 12.6 Å². The Kier molecular flexibility index (Phi) is 4.44. The molecule has 2 saturated heterocycles. The number of likely N-dealkylation sites (tertiary alicyclic amines) is 1. The van der Waals surface area contributed by atoms with E-state index in [-0.39, 0.29) is 23.2 Å². The molecule has 1 amide bonds. The van der Waals surface area contributed by atoms with Crippen LogP contribution >= 0.6 is 0 Å². The van der Waals surface area contributed by atoms with Gasteiger partial charge in [0.2, 0.25) is 5.91 Å². The van der Waals surface area contributed by atoms with Crippen molar-refractivity contribution in [3.8, 4) is 0 Å². The topological polar surface area (TPSA) is 43.8 Å². The fourth-order valence-electron chi connectivity index (χ4n) is 4.97. The standard InChI is InChI=1S/C20H27FN2O2/c21-15-3-1-4-17(13-15)22-11-2-9-20(14-22)10-12-23(19(20)25)16-5-7-18(24)8-6-16/h1,3-4,13,16,18,24H,2,5-12,14H2/t16-,18+,20-/m0/s1. The summed E-state index contributed by atoms with van der Waals surface area (Å²) in [7, 11) is 0. The lowest BCUT2D eigenvalue weighted by Crippen LogP contribution is -2.50. The lowest BCUT2D eigenvalue weighted by Gasteiger charge is -2.41. The first-order chi connectivity index (χ1) is 12.1. The van der Waals surface area contributed by atoms with E-state index in [4.69, 9.17) is 0 Å². The molecular weight excluding hydrogens is 319 g/mol. The highest BCUT2D eigenvalue weighted by molar-refractivity contribution is 5.86. The number of rotatable bonds is 2. The first-order valence-corrected chi connectivity index (χ1v) is 9.57. The van der Waals surface area contributed by atoms with Gasteiger partial charge in [-0.2, -0.15) is 0 Å². The van der Waals surface area contributed by atoms with Gasteiger partial charge < -0.3 is 14.9 Å². The van der Waals surface area contributed by atoms with Crippen molar-refractivity contribution < 1.29 is 14.3 Å². The summed E-state index contributed by atoms with van der Waals surface area (Å²) in [6.07, 6.45) is 6.04. The molecule has 3 fully saturated rings. The molecular formula is C20H27FN2O2. The number of carbonyl (C=O) groups excluding carboxylic acids is 1. The molecule has 1 aromatic rings. The molecule has 1 spiro atoms. The van der Waals surface area contributed by atoms with Gasteiger partial charge in [0, 0.05) is 31.4 Å². The van der Waals surface area contributed by atoms with Crippen molar-refractivity contribution in [3.05, 3.63) is 30.1 Å². The summed E-state index contributed by atoms with van der Waals surface area (Å²) in [6, 6.07) is 6.99. The molecule has 3 aliphatic rings. The summed E-state index contributed by atoms with van der Waals surface area (Å²) < 4.78 is 13.6. The number of aliphatic hydroxyl groups excluding tert-OH is 1. The maximum Gasteiger partial charge on any atom is 0.230 e. The zero-order valence-corrected chi connectivity index (χ0v) is 14.7. The summed E-state index contributed by atoms with van der Waals surface area (Å²) in [5.74, 6) is 0.0623. The smallest absolute Gasteiger partial charge is 0.230 e. The molecule has 1 saturated carbocycles. The Labute approximate surface area is 148 Å². The van der Waals surface area contributed by atoms with E-state index < -0.39 is 0 Å². The van der Waals surface area contributed by atoms with Crippen molar-refractivity contribution >= 4 is 11.6 Å². The quantitative estimate of drug-likeness (QED) is 0.895. The number of carbonyl (C=O) groups is 1. The number of piperidine rings is 1. The zero-order chi connectivity index (χ0) is 17.4. The van der Waals surface area contributed by atoms with E-state index in [2.05, 4.69) is 9.80 Å². The Bertz CT molecular complexity index is 644. The fraction of sp³-hybridized carbons (Fsp3) is 0.650. The Balaban J connectivity index is 1.49. The van der Waals surface area contributed by atoms with Crippen LogP contribution in [0, 0.1) is 11.2 Å². The molecule has 136 valence electrons. The molecule has 1 aliphatic carbocycles. The van der Waals surface area contributed by atoms with E-state index >= 15 is 0 Å². The summed E-state index contributed by atoms with van der Waals surface area (Å²) in [5, 5.41) is 9.72. The van der Waals surface area contributed by atoms with Crippen molar-refractivity contribution in [1.29, 1.82) is 0 Å². The van der Waals surface area contributed by atoms with Crippen LogP contribution in [0.2, 0.25) is 0 Å². The highest BCUT2D eigenvalue weighted by Crippen LogP contribution is 2.43. The molecule has 0 aromatic heterocycles. The van der Waals surface area contributed by atoms with Crippen molar-refractivity contribution in [2.75, 3.05) is 24.5 Å². The maximum atomic E-state index is 13.6. The molecule has 1 aromatic carbocycles. The van der Waals surface area contributed by atoms with Crippen LogP contribution in [0.1, 0.15) is 44.9 Å². The van der Waals surface area contributed by atoms with Crippen LogP contribution in [-0.4, -0.2) is 47.7 Å². The number of aliphatic hydroxyl groups is 1. The van der Waals surface area contributed by atoms with Crippen LogP contribution in [0.4, 0.5) is 10.1 Å². The fourth-order valence-corrected chi connectivity index (χ4v) is 4.97. The molecule has 0 bridgehead atoms. The van der Waals surface area contributed by atoms with E-state index in [1.165, 1.54) is 6.07 Å². The average Bonchev–Trinajstić information content (AvgIpc) is 2.92. The largest absolute Gasteiger partial charge is 0.393 e. The highest BCUT2D eigenvalue weighted by Gasteiger charge is 2.50. The van der Waals surface area contributed by atoms with Gasteiger partial charge in [-0.3, -0.25) is 4.79 Å². The molecule has 0 radical (unpaired) electrons. The van der Waals surface area contributed by atoms with Crippen molar-refractivity contribution in [1.82, 2.24) is 4.90 Å². The van der Waals surface area contributed by atoms with Gasteiger partial charge in [-0.25, -0.2) is 4.39 Å². The van der Waals surface area contributed by atoms with Crippen molar-refractivity contribution in [3.63, 3.8) is 0 Å². The molecule has 4 rings (SSSR count). The predicted octanol–water partition coefficient (Wildman–Crippen LogP) is 2.95. The van der Waals surface area contributed by atoms with E-state index in [9.17, 15) is 14.3 Å². The molecule has 25 heavy (non-hydrogen) atoms. The molecule has 1 atom stereocenters. The lowest BCUT2D eigenvalue weighted by molar-refractivity contribution is -0.139. The van der Waals surface area contributed by atoms with Gasteiger partial charge >= 0.3 is 0 Å². The summed E-state index contributed by atoms with van der Waals surface area (Å²) >= 11 is 0. The minimum atomic E-state index is -0.305. The number of benzene rings is 1. The van der Waals surface area contributed by atoms with Gasteiger partial charge in [-0.15, -0.1) is 0 Å². The first kappa shape index (κ1) is 16.8. The number of amides is 1. The molecule has 2 aliphatic heterocycles. The Morgan fingerprint density at radius 1 is 1.12 bits per heavy atom. The van der Waals surface area contributed by atoms with Crippen LogP contribution < -0.4 is 4.90 Å². The molecule has 4 nitrogen and oxygen atoms in total. The summed E-state index contributed by atoms with van der Waals surface area (Å²) in [4.78, 5) is 17.5. The van der Waals surface area contributed by atoms with E-state index in [0.717, 1.165) is 63.7 Å². The minimum absolute atomic E-state index is 0.193. The van der Waals surface area contributed by atoms with E-state index in [1.807, 2.05) is 6.07 Å². The van der Waals surface area contributed by atoms with Crippen molar-refractivity contribution in [2.24, 2.45) is 5.41 Å². The predicted molar refractivity (Wildman–Crippen MR) is 94.9 cm³/mol. The van der Waals surface area contributed by atoms with Crippen LogP contribution in [0.25, 0.3) is 0 Å². The van der Waals surface area contributed by atoms with Gasteiger partial charge in [0.1, 0.15) is 5.82 Å². The van der Waals surface area contributed by atoms with Crippen LogP contribution in [0.5, 0.6) is 0 Å². The molecule has 2 heterocycles. The third-order valence-corrected chi connectivity index (χ3v) is 6.40. The third-order valence-electron chi connectivity index (χ3n) is 6.40. The van der Waals surface area contributed by atoms with Crippen molar-refractivity contribution in [2.45, 2.75) is 57.1 Å². The zero-order valence-electron chi connectivity index (χ0n) is 14.7. The normalized spacial score (nSPS) is 33.3. The van der Waals surface area contributed by atoms with Crippen LogP contribution in [0.3, 0.4) is 0 Å². The van der Waals surface area contributed by atoms with Gasteiger partial charge in [0.25, 0.3) is 0 Å². The number of anilines is 1. The monoisotopic (exact) mass is 346 g/mol. The minimum Gasteiger partial charge on any atom is -0.393 e. The highest BCUT2D eigenvalue weighted by atomic mass is 19.1. The SMILES string of the molecule is O=C1N([C@H]2CC[C@@H](O)CC2)CC[C@]12CCCN(c1cccc(F)c1)C2. The van der Waals surface area contributed by atoms with Gasteiger partial charge in [0.05, 0.1) is 11.5 Å².